The summed E-state index contributed by atoms with van der Waals surface area (Å²) in [6, 6.07) is 0. The zero-order valence-electron chi connectivity index (χ0n) is 11.5. The lowest BCUT2D eigenvalue weighted by molar-refractivity contribution is 0.123. The summed E-state index contributed by atoms with van der Waals surface area (Å²) < 4.78 is 5.45. The van der Waals surface area contributed by atoms with E-state index in [1.807, 2.05) is 13.8 Å². The maximum Gasteiger partial charge on any atom is 0.186 e. The quantitative estimate of drug-likeness (QED) is 0.311. The number of hydrogen-bond acceptors (Lipinski definition) is 5. The molecule has 0 aliphatic carbocycles. The van der Waals surface area contributed by atoms with Crippen molar-refractivity contribution in [3.63, 3.8) is 0 Å². The van der Waals surface area contributed by atoms with Crippen LogP contribution in [0.5, 0.6) is 0 Å². The summed E-state index contributed by atoms with van der Waals surface area (Å²) in [5.74, 6) is 0. The Morgan fingerprint density at radius 1 is 1.21 bits per heavy atom. The lowest BCUT2D eigenvalue weighted by atomic mass is 10.2. The molecule has 0 saturated heterocycles. The zero-order valence-corrected chi connectivity index (χ0v) is 13.1. The molecule has 0 rings (SSSR count). The number of ether oxygens (including phenoxy) is 1. The van der Waals surface area contributed by atoms with Gasteiger partial charge in [-0.25, -0.2) is 0 Å². The van der Waals surface area contributed by atoms with Crippen LogP contribution in [0.15, 0.2) is 10.2 Å². The van der Waals surface area contributed by atoms with Gasteiger partial charge < -0.3 is 15.4 Å². The smallest absolute Gasteiger partial charge is 0.186 e. The predicted molar refractivity (Wildman–Crippen MR) is 86.6 cm³/mol. The number of nitrogens with zero attached hydrogens (tertiary/aromatic N) is 2. The number of hydrogen-bond donors (Lipinski definition) is 4. The van der Waals surface area contributed by atoms with Crippen LogP contribution in [0.4, 0.5) is 0 Å². The molecule has 1 atom stereocenters. The van der Waals surface area contributed by atoms with Gasteiger partial charge in [0.05, 0.1) is 6.21 Å². The van der Waals surface area contributed by atoms with Crippen molar-refractivity contribution in [1.82, 2.24) is 21.5 Å². The third-order valence-electron chi connectivity index (χ3n) is 1.94. The molecule has 0 spiro atoms. The van der Waals surface area contributed by atoms with Crippen molar-refractivity contribution >= 4 is 46.6 Å². The van der Waals surface area contributed by atoms with Crippen molar-refractivity contribution in [1.29, 1.82) is 0 Å². The van der Waals surface area contributed by atoms with E-state index in [2.05, 4.69) is 31.7 Å². The molecule has 0 heterocycles. The van der Waals surface area contributed by atoms with Gasteiger partial charge in [0.15, 0.2) is 10.2 Å². The summed E-state index contributed by atoms with van der Waals surface area (Å²) in [5, 5.41) is 14.4. The van der Waals surface area contributed by atoms with E-state index < -0.39 is 0 Å². The minimum atomic E-state index is -0.217. The molecule has 0 aromatic heterocycles. The van der Waals surface area contributed by atoms with E-state index in [4.69, 9.17) is 29.2 Å². The first-order valence-electron chi connectivity index (χ1n) is 5.72. The second-order valence-corrected chi connectivity index (χ2v) is 4.09. The molecule has 9 heteroatoms. The number of rotatable bonds is 6. The molecule has 0 aromatic carbocycles. The summed E-state index contributed by atoms with van der Waals surface area (Å²) in [5.41, 5.74) is 5.91. The van der Waals surface area contributed by atoms with Gasteiger partial charge in [0.25, 0.3) is 0 Å². The second kappa shape index (κ2) is 10.6. The molecular weight excluding hydrogens is 284 g/mol. The maximum absolute atomic E-state index is 5.45. The standard InChI is InChI=1S/C10H20N6OS2/c1-5-17-7(2)8(14-16-10(19)12-4)6-13-15-9(18)11-3/h6-7H,5H2,1-4H3,(H2,11,15,18)(H2,12,16,19)/b13-6-,14-8+. The summed E-state index contributed by atoms with van der Waals surface area (Å²) in [7, 11) is 3.41. The highest BCUT2D eigenvalue weighted by atomic mass is 32.1. The Morgan fingerprint density at radius 2 is 1.79 bits per heavy atom. The summed E-state index contributed by atoms with van der Waals surface area (Å²) in [6.45, 7) is 4.35. The summed E-state index contributed by atoms with van der Waals surface area (Å²) >= 11 is 9.83. The van der Waals surface area contributed by atoms with Gasteiger partial charge >= 0.3 is 0 Å². The van der Waals surface area contributed by atoms with Crippen LogP contribution in [0.1, 0.15) is 13.8 Å². The fourth-order valence-corrected chi connectivity index (χ4v) is 1.04. The molecule has 1 unspecified atom stereocenters. The number of nitrogens with one attached hydrogen (secondary N) is 4. The van der Waals surface area contributed by atoms with Crippen molar-refractivity contribution in [2.75, 3.05) is 20.7 Å². The van der Waals surface area contributed by atoms with Gasteiger partial charge in [-0.05, 0) is 38.3 Å². The Kier molecular flexibility index (Phi) is 9.85. The molecule has 19 heavy (non-hydrogen) atoms. The summed E-state index contributed by atoms with van der Waals surface area (Å²) in [6.07, 6.45) is 1.31. The van der Waals surface area contributed by atoms with E-state index in [0.717, 1.165) is 0 Å². The molecule has 108 valence electrons. The highest BCUT2D eigenvalue weighted by molar-refractivity contribution is 7.80. The van der Waals surface area contributed by atoms with Gasteiger partial charge in [0.2, 0.25) is 0 Å². The van der Waals surface area contributed by atoms with Crippen molar-refractivity contribution in [2.45, 2.75) is 20.0 Å². The van der Waals surface area contributed by atoms with E-state index in [9.17, 15) is 0 Å². The SMILES string of the molecule is CCOC(C)C(/C=N\NC(=S)NC)=N/NC(=S)NC. The van der Waals surface area contributed by atoms with Gasteiger partial charge in [0, 0.05) is 20.7 Å². The highest BCUT2D eigenvalue weighted by Gasteiger charge is 2.08. The molecule has 0 fully saturated rings. The molecule has 0 aliphatic rings. The van der Waals surface area contributed by atoms with Crippen LogP contribution in [0.3, 0.4) is 0 Å². The monoisotopic (exact) mass is 304 g/mol. The summed E-state index contributed by atoms with van der Waals surface area (Å²) in [4.78, 5) is 0. The molecule has 4 N–H and O–H groups in total. The molecular formula is C10H20N6OS2. The van der Waals surface area contributed by atoms with Crippen LogP contribution in [0.2, 0.25) is 0 Å². The van der Waals surface area contributed by atoms with Crippen LogP contribution in [0, 0.1) is 0 Å². The van der Waals surface area contributed by atoms with E-state index in [1.165, 1.54) is 6.21 Å². The topological polar surface area (TPSA) is 82.1 Å². The second-order valence-electron chi connectivity index (χ2n) is 3.27. The molecule has 0 amide bonds. The lowest BCUT2D eigenvalue weighted by Crippen LogP contribution is -2.33. The van der Waals surface area contributed by atoms with E-state index in [0.29, 0.717) is 22.5 Å². The van der Waals surface area contributed by atoms with Crippen LogP contribution in [0.25, 0.3) is 0 Å². The minimum Gasteiger partial charge on any atom is -0.372 e. The average Bonchev–Trinajstić information content (AvgIpc) is 2.41. The van der Waals surface area contributed by atoms with Crippen molar-refractivity contribution in [3.05, 3.63) is 0 Å². The molecule has 7 nitrogen and oxygen atoms in total. The van der Waals surface area contributed by atoms with E-state index in [-0.39, 0.29) is 6.10 Å². The zero-order chi connectivity index (χ0) is 14.7. The fraction of sp³-hybridized carbons (Fsp3) is 0.600. The van der Waals surface area contributed by atoms with Crippen LogP contribution in [-0.2, 0) is 4.74 Å². The van der Waals surface area contributed by atoms with Crippen LogP contribution < -0.4 is 21.5 Å². The first kappa shape index (κ1) is 17.7. The maximum atomic E-state index is 5.45. The van der Waals surface area contributed by atoms with E-state index in [1.54, 1.807) is 14.1 Å². The van der Waals surface area contributed by atoms with Gasteiger partial charge in [-0.3, -0.25) is 10.9 Å². The van der Waals surface area contributed by atoms with Crippen molar-refractivity contribution < 1.29 is 4.74 Å². The van der Waals surface area contributed by atoms with Crippen LogP contribution >= 0.6 is 24.4 Å². The Labute approximate surface area is 124 Å². The average molecular weight is 304 g/mol. The first-order valence-corrected chi connectivity index (χ1v) is 6.54. The molecule has 0 aromatic rings. The number of hydrazone groups is 2. The highest BCUT2D eigenvalue weighted by Crippen LogP contribution is 1.93. The van der Waals surface area contributed by atoms with Gasteiger partial charge in [-0.1, -0.05) is 0 Å². The third kappa shape index (κ3) is 8.41. The largest absolute Gasteiger partial charge is 0.372 e. The lowest BCUT2D eigenvalue weighted by Gasteiger charge is -2.12. The minimum absolute atomic E-state index is 0.217. The molecule has 0 aliphatic heterocycles. The van der Waals surface area contributed by atoms with Crippen molar-refractivity contribution in [3.8, 4) is 0 Å². The van der Waals surface area contributed by atoms with E-state index >= 15 is 0 Å². The van der Waals surface area contributed by atoms with Crippen LogP contribution in [-0.4, -0.2) is 49.0 Å². The van der Waals surface area contributed by atoms with Gasteiger partial charge in [-0.2, -0.15) is 10.2 Å². The molecule has 0 radical (unpaired) electrons. The predicted octanol–water partition coefficient (Wildman–Crippen LogP) is -0.0590. The Balaban J connectivity index is 4.66. The third-order valence-corrected chi connectivity index (χ3v) is 2.53. The Bertz CT molecular complexity index is 358. The molecule has 0 bridgehead atoms. The first-order chi connectivity index (χ1) is 9.04. The Morgan fingerprint density at radius 3 is 2.32 bits per heavy atom. The van der Waals surface area contributed by atoms with Crippen molar-refractivity contribution in [2.24, 2.45) is 10.2 Å². The fourth-order valence-electron chi connectivity index (χ4n) is 0.944. The molecule has 0 saturated carbocycles. The van der Waals surface area contributed by atoms with Gasteiger partial charge in [-0.15, -0.1) is 0 Å². The number of thiocarbonyl (C=S) groups is 2. The van der Waals surface area contributed by atoms with Gasteiger partial charge in [0.1, 0.15) is 11.8 Å². The normalized spacial score (nSPS) is 12.9. The Hall–Kier alpha value is -1.32.